The fraction of sp³-hybridized carbons (Fsp3) is 0.0909. The summed E-state index contributed by atoms with van der Waals surface area (Å²) in [6.07, 6.45) is 1.87. The van der Waals surface area contributed by atoms with Crippen molar-refractivity contribution in [1.29, 1.82) is 0 Å². The minimum absolute atomic E-state index is 0. The molecule has 0 atom stereocenters. The molecule has 0 fully saturated rings. The van der Waals surface area contributed by atoms with Gasteiger partial charge in [-0.15, -0.1) is 48.0 Å². The maximum Gasteiger partial charge on any atom is 3.00 e. The molecule has 0 saturated heterocycles. The zero-order chi connectivity index (χ0) is 25.4. The van der Waals surface area contributed by atoms with Crippen LogP contribution in [0.2, 0.25) is 0 Å². The first-order valence-electron chi connectivity index (χ1n) is 12.1. The number of benzene rings is 3. The van der Waals surface area contributed by atoms with Crippen molar-refractivity contribution in [2.45, 2.75) is 20.8 Å². The van der Waals surface area contributed by atoms with Crippen LogP contribution in [0.3, 0.4) is 0 Å². The van der Waals surface area contributed by atoms with Crippen molar-refractivity contribution in [3.63, 3.8) is 0 Å². The fourth-order valence-corrected chi connectivity index (χ4v) is 5.29. The first-order valence-corrected chi connectivity index (χ1v) is 12.9. The molecule has 4 heterocycles. The predicted molar refractivity (Wildman–Crippen MR) is 153 cm³/mol. The number of hydrogen-bond donors (Lipinski definition) is 0. The molecule has 0 spiro atoms. The quantitative estimate of drug-likeness (QED) is 0.171. The number of furan rings is 1. The first-order chi connectivity index (χ1) is 18.1. The second-order valence-electron chi connectivity index (χ2n) is 9.04. The van der Waals surface area contributed by atoms with Crippen molar-refractivity contribution >= 4 is 43.5 Å². The van der Waals surface area contributed by atoms with E-state index in [1.807, 2.05) is 68.6 Å². The van der Waals surface area contributed by atoms with Gasteiger partial charge in [0.1, 0.15) is 0 Å². The van der Waals surface area contributed by atoms with Crippen LogP contribution in [0.25, 0.3) is 54.5 Å². The maximum absolute atomic E-state index is 6.08. The number of aromatic nitrogens is 2. The van der Waals surface area contributed by atoms with Gasteiger partial charge in [-0.1, -0.05) is 33.2 Å². The monoisotopic (exact) mass is 688 g/mol. The van der Waals surface area contributed by atoms with Crippen LogP contribution in [0, 0.1) is 39.0 Å². The van der Waals surface area contributed by atoms with Crippen molar-refractivity contribution < 1.29 is 24.5 Å². The van der Waals surface area contributed by atoms with E-state index in [4.69, 9.17) is 4.42 Å². The molecular weight excluding hydrogens is 665 g/mol. The predicted octanol–water partition coefficient (Wildman–Crippen LogP) is 8.93. The molecule has 3 nitrogen and oxygen atoms in total. The number of rotatable bonds is 2. The van der Waals surface area contributed by atoms with Crippen LogP contribution in [0.4, 0.5) is 0 Å². The van der Waals surface area contributed by atoms with Gasteiger partial charge in [-0.3, -0.25) is 0 Å². The van der Waals surface area contributed by atoms with Crippen molar-refractivity contribution in [2.24, 2.45) is 0 Å². The maximum atomic E-state index is 6.08. The zero-order valence-corrected chi connectivity index (χ0v) is 24.3. The van der Waals surface area contributed by atoms with Gasteiger partial charge in [0, 0.05) is 22.9 Å². The van der Waals surface area contributed by atoms with Crippen molar-refractivity contribution in [3.05, 3.63) is 119 Å². The van der Waals surface area contributed by atoms with E-state index in [2.05, 4.69) is 64.7 Å². The van der Waals surface area contributed by atoms with Crippen LogP contribution in [0.1, 0.15) is 16.8 Å². The SMILES string of the molecule is Cc1ccc(-c2[c-]cccc2)nc1.Cc1ccc2c(n1)oc1c(-c3[c-]cc4c(C)csc4c3)[c-]ccc12.[Ir+3]. The molecule has 7 rings (SSSR count). The molecule has 0 amide bonds. The molecule has 3 aromatic carbocycles. The summed E-state index contributed by atoms with van der Waals surface area (Å²) in [5.74, 6) is 0. The van der Waals surface area contributed by atoms with Gasteiger partial charge in [-0.25, -0.2) is 10.5 Å². The Labute approximate surface area is 239 Å². The summed E-state index contributed by atoms with van der Waals surface area (Å²) in [7, 11) is 0. The Morgan fingerprint density at radius 3 is 2.50 bits per heavy atom. The molecule has 186 valence electrons. The van der Waals surface area contributed by atoms with Gasteiger partial charge in [0.25, 0.3) is 0 Å². The van der Waals surface area contributed by atoms with E-state index in [-0.39, 0.29) is 20.1 Å². The van der Waals surface area contributed by atoms with Crippen LogP contribution in [0.15, 0.2) is 88.8 Å². The summed E-state index contributed by atoms with van der Waals surface area (Å²) in [5, 5.41) is 5.55. The number of fused-ring (bicyclic) bond motifs is 4. The second-order valence-corrected chi connectivity index (χ2v) is 9.95. The van der Waals surface area contributed by atoms with Crippen LogP contribution in [0.5, 0.6) is 0 Å². The van der Waals surface area contributed by atoms with E-state index in [0.717, 1.165) is 44.4 Å². The second kappa shape index (κ2) is 11.0. The molecule has 7 aromatic rings. The molecule has 4 aromatic heterocycles. The van der Waals surface area contributed by atoms with Crippen LogP contribution >= 0.6 is 11.3 Å². The van der Waals surface area contributed by atoms with Crippen molar-refractivity contribution in [1.82, 2.24) is 9.97 Å². The van der Waals surface area contributed by atoms with Gasteiger partial charge in [0.15, 0.2) is 0 Å². The summed E-state index contributed by atoms with van der Waals surface area (Å²) >= 11 is 1.76. The molecule has 0 N–H and O–H groups in total. The molecular formula is C33H23IrN2OS. The minimum atomic E-state index is 0. The van der Waals surface area contributed by atoms with Crippen LogP contribution in [-0.2, 0) is 20.1 Å². The topological polar surface area (TPSA) is 38.9 Å². The van der Waals surface area contributed by atoms with E-state index in [1.165, 1.54) is 21.2 Å². The number of hydrogen-bond acceptors (Lipinski definition) is 4. The Morgan fingerprint density at radius 2 is 1.71 bits per heavy atom. The molecule has 38 heavy (non-hydrogen) atoms. The van der Waals surface area contributed by atoms with E-state index < -0.39 is 0 Å². The average Bonchev–Trinajstić information content (AvgIpc) is 3.49. The molecule has 0 aliphatic carbocycles. The number of nitrogens with zero attached hydrogens (tertiary/aromatic N) is 2. The molecule has 5 heteroatoms. The van der Waals surface area contributed by atoms with Crippen LogP contribution in [-0.4, -0.2) is 9.97 Å². The Hall–Kier alpha value is -3.63. The standard InChI is InChI=1S/C21H13NOS.C12H10N.Ir/c1-12-11-24-19-10-14(7-9-15(12)19)16-4-3-5-17-18-8-6-13(2)22-21(18)23-20(16)17;1-10-7-8-12(13-9-10)11-5-3-2-4-6-11;/h3,5-6,8-11H,1-2H3;2-5,7-9H,1H3;/q-2;-1;+3. The Kier molecular flexibility index (Phi) is 7.53. The third kappa shape index (κ3) is 5.06. The summed E-state index contributed by atoms with van der Waals surface area (Å²) in [5.41, 5.74) is 8.90. The zero-order valence-electron chi connectivity index (χ0n) is 21.1. The van der Waals surface area contributed by atoms with Gasteiger partial charge >= 0.3 is 20.1 Å². The molecule has 0 saturated carbocycles. The Bertz CT molecular complexity index is 1850. The van der Waals surface area contributed by atoms with Gasteiger partial charge in [0.2, 0.25) is 5.71 Å². The molecule has 0 unspecified atom stereocenters. The molecule has 0 radical (unpaired) electrons. The van der Waals surface area contributed by atoms with E-state index in [1.54, 1.807) is 11.3 Å². The minimum Gasteiger partial charge on any atom is -0.496 e. The molecule has 0 aliphatic rings. The van der Waals surface area contributed by atoms with Gasteiger partial charge < -0.3 is 9.40 Å². The third-order valence-corrected chi connectivity index (χ3v) is 7.37. The largest absolute Gasteiger partial charge is 3.00 e. The summed E-state index contributed by atoms with van der Waals surface area (Å²) in [6.45, 7) is 6.14. The molecule has 0 aliphatic heterocycles. The summed E-state index contributed by atoms with van der Waals surface area (Å²) < 4.78 is 7.34. The number of thiophene rings is 1. The number of aryl methyl sites for hydroxylation is 3. The number of pyridine rings is 2. The summed E-state index contributed by atoms with van der Waals surface area (Å²) in [4.78, 5) is 8.83. The Morgan fingerprint density at radius 1 is 0.816 bits per heavy atom. The normalized spacial score (nSPS) is 10.8. The van der Waals surface area contributed by atoms with Gasteiger partial charge in [0.05, 0.1) is 0 Å². The summed E-state index contributed by atoms with van der Waals surface area (Å²) in [6, 6.07) is 34.1. The van der Waals surface area contributed by atoms with E-state index >= 15 is 0 Å². The van der Waals surface area contributed by atoms with Crippen molar-refractivity contribution in [2.75, 3.05) is 0 Å². The smallest absolute Gasteiger partial charge is 0.496 e. The van der Waals surface area contributed by atoms with Gasteiger partial charge in [-0.2, -0.15) is 41.2 Å². The van der Waals surface area contributed by atoms with E-state index in [0.29, 0.717) is 5.71 Å². The van der Waals surface area contributed by atoms with Crippen molar-refractivity contribution in [3.8, 4) is 22.4 Å². The first kappa shape index (κ1) is 26.0. The van der Waals surface area contributed by atoms with Crippen LogP contribution < -0.4 is 0 Å². The third-order valence-electron chi connectivity index (χ3n) is 6.30. The van der Waals surface area contributed by atoms with Gasteiger partial charge in [-0.05, 0) is 49.5 Å². The molecule has 0 bridgehead atoms. The Balaban J connectivity index is 0.000000179. The fourth-order valence-electron chi connectivity index (χ4n) is 4.33. The average molecular weight is 688 g/mol. The van der Waals surface area contributed by atoms with E-state index in [9.17, 15) is 0 Å².